The van der Waals surface area contributed by atoms with Gasteiger partial charge in [-0.15, -0.1) is 0 Å². The molecule has 0 bridgehead atoms. The molecule has 0 N–H and O–H groups in total. The Hall–Kier alpha value is -4.15. The molecule has 2 aromatic heterocycles. The Balaban J connectivity index is 1.60. The maximum absolute atomic E-state index is 5.23. The van der Waals surface area contributed by atoms with Gasteiger partial charge < -0.3 is 0 Å². The molecule has 0 aliphatic rings. The van der Waals surface area contributed by atoms with Crippen molar-refractivity contribution in [2.75, 3.05) is 0 Å². The summed E-state index contributed by atoms with van der Waals surface area (Å²) in [5, 5.41) is 4.47. The molecule has 7 aromatic rings. The largest absolute Gasteiger partial charge is 0.246 e. The van der Waals surface area contributed by atoms with Crippen LogP contribution in [0.4, 0.5) is 0 Å². The van der Waals surface area contributed by atoms with E-state index in [-0.39, 0.29) is 0 Å². The first-order chi connectivity index (χ1) is 17.3. The van der Waals surface area contributed by atoms with Crippen LogP contribution in [-0.2, 0) is 0 Å². The van der Waals surface area contributed by atoms with Crippen LogP contribution >= 0.6 is 15.9 Å². The number of halogens is 1. The lowest BCUT2D eigenvalue weighted by molar-refractivity contribution is 1.26. The van der Waals surface area contributed by atoms with Crippen molar-refractivity contribution in [3.05, 3.63) is 114 Å². The first-order valence-corrected chi connectivity index (χ1v) is 12.3. The fourth-order valence-electron chi connectivity index (χ4n) is 4.89. The molecule has 0 spiro atoms. The summed E-state index contributed by atoms with van der Waals surface area (Å²) in [4.78, 5) is 15.2. The third-order valence-electron chi connectivity index (χ3n) is 6.50. The third-order valence-corrected chi connectivity index (χ3v) is 7.03. The molecule has 35 heavy (non-hydrogen) atoms. The Kier molecular flexibility index (Phi) is 4.61. The minimum Gasteiger partial charge on any atom is -0.246 e. The van der Waals surface area contributed by atoms with E-state index in [2.05, 4.69) is 88.7 Å². The monoisotopic (exact) mass is 511 g/mol. The maximum Gasteiger partial charge on any atom is 0.160 e. The third kappa shape index (κ3) is 3.29. The highest BCUT2D eigenvalue weighted by molar-refractivity contribution is 9.10. The number of pyridine rings is 1. The lowest BCUT2D eigenvalue weighted by atomic mass is 9.93. The van der Waals surface area contributed by atoms with E-state index in [0.717, 1.165) is 71.0 Å². The molecule has 0 aliphatic carbocycles. The fraction of sp³-hybridized carbons (Fsp3) is 0. The molecule has 164 valence electrons. The smallest absolute Gasteiger partial charge is 0.160 e. The Morgan fingerprint density at radius 2 is 0.943 bits per heavy atom. The van der Waals surface area contributed by atoms with Crippen molar-refractivity contribution in [1.29, 1.82) is 0 Å². The topological polar surface area (TPSA) is 38.7 Å². The summed E-state index contributed by atoms with van der Waals surface area (Å²) in [6, 6.07) is 37.4. The lowest BCUT2D eigenvalue weighted by Gasteiger charge is -2.17. The van der Waals surface area contributed by atoms with Crippen molar-refractivity contribution < 1.29 is 0 Å². The zero-order chi connectivity index (χ0) is 23.4. The Morgan fingerprint density at radius 1 is 0.429 bits per heavy atom. The van der Waals surface area contributed by atoms with Crippen LogP contribution in [0.5, 0.6) is 0 Å². The summed E-state index contributed by atoms with van der Waals surface area (Å²) in [6.07, 6.45) is 0. The molecular formula is C31H18BrN3. The zero-order valence-electron chi connectivity index (χ0n) is 18.6. The second kappa shape index (κ2) is 7.97. The summed E-state index contributed by atoms with van der Waals surface area (Å²) in [6.45, 7) is 0. The van der Waals surface area contributed by atoms with Crippen LogP contribution in [0.2, 0.25) is 0 Å². The van der Waals surface area contributed by atoms with Gasteiger partial charge in [-0.05, 0) is 36.4 Å². The normalized spacial score (nSPS) is 11.6. The number of rotatable bonds is 3. The minimum atomic E-state index is 0.730. The minimum absolute atomic E-state index is 0.730. The van der Waals surface area contributed by atoms with Gasteiger partial charge in [-0.3, -0.25) is 0 Å². The van der Waals surface area contributed by atoms with Gasteiger partial charge in [0.15, 0.2) is 5.82 Å². The number of hydrogen-bond acceptors (Lipinski definition) is 3. The molecule has 2 heterocycles. The van der Waals surface area contributed by atoms with Gasteiger partial charge >= 0.3 is 0 Å². The van der Waals surface area contributed by atoms with E-state index in [0.29, 0.717) is 0 Å². The molecule has 0 saturated heterocycles. The SMILES string of the molecule is Brc1ccc(-c2nc3ccc4c(-c5ccccc5)nc(-c5ccccc5)c5ccc(n2)c3c45)cc1. The molecule has 0 aliphatic heterocycles. The average molecular weight is 512 g/mol. The first-order valence-electron chi connectivity index (χ1n) is 11.5. The van der Waals surface area contributed by atoms with E-state index < -0.39 is 0 Å². The van der Waals surface area contributed by atoms with E-state index in [1.165, 1.54) is 0 Å². The molecule has 3 nitrogen and oxygen atoms in total. The van der Waals surface area contributed by atoms with Gasteiger partial charge in [0.2, 0.25) is 0 Å². The van der Waals surface area contributed by atoms with Crippen LogP contribution in [0, 0.1) is 0 Å². The Bertz CT molecular complexity index is 1720. The van der Waals surface area contributed by atoms with Gasteiger partial charge in [-0.25, -0.2) is 15.0 Å². The van der Waals surface area contributed by atoms with Crippen LogP contribution < -0.4 is 0 Å². The molecule has 0 fully saturated rings. The number of aromatic nitrogens is 3. The summed E-state index contributed by atoms with van der Waals surface area (Å²) in [5.41, 5.74) is 7.02. The lowest BCUT2D eigenvalue weighted by Crippen LogP contribution is -1.98. The zero-order valence-corrected chi connectivity index (χ0v) is 20.2. The van der Waals surface area contributed by atoms with Crippen LogP contribution in [0.1, 0.15) is 0 Å². The highest BCUT2D eigenvalue weighted by Gasteiger charge is 2.19. The van der Waals surface area contributed by atoms with E-state index in [1.54, 1.807) is 0 Å². The molecule has 0 saturated carbocycles. The van der Waals surface area contributed by atoms with Gasteiger partial charge in [0.25, 0.3) is 0 Å². The summed E-state index contributed by atoms with van der Waals surface area (Å²) in [5.74, 6) is 0.730. The van der Waals surface area contributed by atoms with Crippen molar-refractivity contribution in [1.82, 2.24) is 15.0 Å². The van der Waals surface area contributed by atoms with Crippen molar-refractivity contribution in [2.24, 2.45) is 0 Å². The van der Waals surface area contributed by atoms with Crippen LogP contribution in [-0.4, -0.2) is 15.0 Å². The van der Waals surface area contributed by atoms with Gasteiger partial charge in [0, 0.05) is 42.7 Å². The predicted molar refractivity (Wildman–Crippen MR) is 148 cm³/mol. The summed E-state index contributed by atoms with van der Waals surface area (Å²) < 4.78 is 1.04. The van der Waals surface area contributed by atoms with Gasteiger partial charge in [0.1, 0.15) is 0 Å². The average Bonchev–Trinajstić information content (AvgIpc) is 2.92. The van der Waals surface area contributed by atoms with Crippen LogP contribution in [0.25, 0.3) is 66.5 Å². The molecular weight excluding hydrogens is 494 g/mol. The second-order valence-corrected chi connectivity index (χ2v) is 9.53. The number of benzene rings is 5. The summed E-state index contributed by atoms with van der Waals surface area (Å²) >= 11 is 3.51. The Labute approximate surface area is 210 Å². The quantitative estimate of drug-likeness (QED) is 0.223. The van der Waals surface area contributed by atoms with E-state index in [4.69, 9.17) is 15.0 Å². The van der Waals surface area contributed by atoms with Gasteiger partial charge in [-0.2, -0.15) is 0 Å². The van der Waals surface area contributed by atoms with Gasteiger partial charge in [0.05, 0.1) is 22.4 Å². The molecule has 0 atom stereocenters. The molecule has 0 radical (unpaired) electrons. The maximum atomic E-state index is 5.23. The van der Waals surface area contributed by atoms with E-state index in [1.807, 2.05) is 36.4 Å². The number of hydrogen-bond donors (Lipinski definition) is 0. The van der Waals surface area contributed by atoms with Crippen molar-refractivity contribution in [3.63, 3.8) is 0 Å². The highest BCUT2D eigenvalue weighted by atomic mass is 79.9. The Morgan fingerprint density at radius 3 is 1.46 bits per heavy atom. The molecule has 5 aromatic carbocycles. The fourth-order valence-corrected chi connectivity index (χ4v) is 5.15. The van der Waals surface area contributed by atoms with Crippen molar-refractivity contribution >= 4 is 48.5 Å². The standard InChI is InChI=1S/C31H18BrN3/c32-22-13-11-21(12-14-22)31-33-25-17-15-23-27-24(16-18-26(34-31)28(25)27)30(20-9-5-2-6-10-20)35-29(23)19-7-3-1-4-8-19/h1-18H. The van der Waals surface area contributed by atoms with E-state index in [9.17, 15) is 0 Å². The van der Waals surface area contributed by atoms with Gasteiger partial charge in [-0.1, -0.05) is 88.7 Å². The van der Waals surface area contributed by atoms with Crippen LogP contribution in [0.3, 0.4) is 0 Å². The molecule has 0 unspecified atom stereocenters. The summed E-state index contributed by atoms with van der Waals surface area (Å²) in [7, 11) is 0. The first kappa shape index (κ1) is 20.2. The second-order valence-electron chi connectivity index (χ2n) is 8.61. The number of nitrogens with zero attached hydrogens (tertiary/aromatic N) is 3. The molecule has 4 heteroatoms. The highest BCUT2D eigenvalue weighted by Crippen LogP contribution is 2.41. The molecule has 7 rings (SSSR count). The molecule has 0 amide bonds. The van der Waals surface area contributed by atoms with E-state index >= 15 is 0 Å². The van der Waals surface area contributed by atoms with Crippen molar-refractivity contribution in [3.8, 4) is 33.9 Å². The predicted octanol–water partition coefficient (Wildman–Crippen LogP) is 8.53. The van der Waals surface area contributed by atoms with Crippen LogP contribution in [0.15, 0.2) is 114 Å². The van der Waals surface area contributed by atoms with Crippen molar-refractivity contribution in [2.45, 2.75) is 0 Å².